The Morgan fingerprint density at radius 2 is 2.00 bits per heavy atom. The van der Waals surface area contributed by atoms with Gasteiger partial charge in [-0.1, -0.05) is 13.8 Å². The number of hydrogen-bond acceptors (Lipinski definition) is 2. The van der Waals surface area contributed by atoms with E-state index in [0.29, 0.717) is 12.5 Å². The van der Waals surface area contributed by atoms with Crippen molar-refractivity contribution in [2.75, 3.05) is 0 Å². The largest absolute Gasteiger partial charge is 0.480 e. The minimum absolute atomic E-state index is 0.263. The van der Waals surface area contributed by atoms with Crippen LogP contribution in [-0.2, 0) is 17.9 Å². The molecule has 0 saturated heterocycles. The summed E-state index contributed by atoms with van der Waals surface area (Å²) in [5.41, 5.74) is -0.263. The maximum atomic E-state index is 11.5. The van der Waals surface area contributed by atoms with Crippen molar-refractivity contribution in [3.63, 3.8) is 0 Å². The van der Waals surface area contributed by atoms with Crippen LogP contribution < -0.4 is 5.69 Å². The second kappa shape index (κ2) is 4.13. The monoisotopic (exact) mass is 198 g/mol. The molecular weight excluding hydrogens is 184 g/mol. The third kappa shape index (κ3) is 2.48. The van der Waals surface area contributed by atoms with E-state index in [1.807, 2.05) is 13.8 Å². The molecule has 0 bridgehead atoms. The van der Waals surface area contributed by atoms with E-state index in [1.165, 1.54) is 15.3 Å². The standard InChI is InChI=1S/C9H14N2O3/c1-7(2)5-10-3-4-11(9(10)14)6-8(12)13/h3-4,7H,5-6H2,1-2H3,(H,12,13). The summed E-state index contributed by atoms with van der Waals surface area (Å²) in [6.45, 7) is 4.34. The summed E-state index contributed by atoms with van der Waals surface area (Å²) in [6, 6.07) is 0. The van der Waals surface area contributed by atoms with Crippen molar-refractivity contribution in [3.05, 3.63) is 22.9 Å². The summed E-state index contributed by atoms with van der Waals surface area (Å²) in [5.74, 6) is -0.636. The lowest BCUT2D eigenvalue weighted by atomic mass is 10.2. The molecule has 0 fully saturated rings. The molecule has 0 spiro atoms. The first kappa shape index (κ1) is 10.6. The topological polar surface area (TPSA) is 64.2 Å². The summed E-state index contributed by atoms with van der Waals surface area (Å²) in [5, 5.41) is 8.51. The Morgan fingerprint density at radius 1 is 1.43 bits per heavy atom. The van der Waals surface area contributed by atoms with Gasteiger partial charge in [0.1, 0.15) is 6.54 Å². The van der Waals surface area contributed by atoms with Crippen LogP contribution in [0.5, 0.6) is 0 Å². The van der Waals surface area contributed by atoms with Gasteiger partial charge in [-0.05, 0) is 5.92 Å². The number of aromatic nitrogens is 2. The summed E-state index contributed by atoms with van der Waals surface area (Å²) in [6.07, 6.45) is 3.12. The van der Waals surface area contributed by atoms with E-state index in [4.69, 9.17) is 5.11 Å². The molecule has 1 N–H and O–H groups in total. The van der Waals surface area contributed by atoms with Crippen molar-refractivity contribution < 1.29 is 9.90 Å². The minimum atomic E-state index is -1.01. The van der Waals surface area contributed by atoms with Gasteiger partial charge in [-0.3, -0.25) is 13.9 Å². The van der Waals surface area contributed by atoms with Crippen LogP contribution in [0.4, 0.5) is 0 Å². The highest BCUT2D eigenvalue weighted by Gasteiger charge is 2.06. The number of nitrogens with zero attached hydrogens (tertiary/aromatic N) is 2. The Kier molecular flexibility index (Phi) is 3.11. The van der Waals surface area contributed by atoms with Gasteiger partial charge in [-0.15, -0.1) is 0 Å². The van der Waals surface area contributed by atoms with Crippen LogP contribution in [-0.4, -0.2) is 20.2 Å². The third-order valence-electron chi connectivity index (χ3n) is 1.79. The van der Waals surface area contributed by atoms with Crippen molar-refractivity contribution in [1.82, 2.24) is 9.13 Å². The lowest BCUT2D eigenvalue weighted by Crippen LogP contribution is -2.27. The molecular formula is C9H14N2O3. The SMILES string of the molecule is CC(C)Cn1ccn(CC(=O)O)c1=O. The zero-order valence-corrected chi connectivity index (χ0v) is 8.30. The number of hydrogen-bond donors (Lipinski definition) is 1. The molecule has 78 valence electrons. The summed E-state index contributed by atoms with van der Waals surface area (Å²) in [4.78, 5) is 21.9. The van der Waals surface area contributed by atoms with E-state index in [2.05, 4.69) is 0 Å². The highest BCUT2D eigenvalue weighted by molar-refractivity contribution is 5.66. The molecule has 1 heterocycles. The van der Waals surface area contributed by atoms with Gasteiger partial charge in [0.15, 0.2) is 0 Å². The number of rotatable bonds is 4. The Morgan fingerprint density at radius 3 is 2.50 bits per heavy atom. The molecule has 0 atom stereocenters. The second-order valence-corrected chi connectivity index (χ2v) is 3.65. The highest BCUT2D eigenvalue weighted by atomic mass is 16.4. The van der Waals surface area contributed by atoms with Gasteiger partial charge >= 0.3 is 11.7 Å². The van der Waals surface area contributed by atoms with Gasteiger partial charge in [0.05, 0.1) is 0 Å². The average molecular weight is 198 g/mol. The molecule has 0 unspecified atom stereocenters. The van der Waals surface area contributed by atoms with Gasteiger partial charge in [-0.2, -0.15) is 0 Å². The number of carboxylic acid groups (broad SMARTS) is 1. The van der Waals surface area contributed by atoms with Gasteiger partial charge in [0, 0.05) is 18.9 Å². The average Bonchev–Trinajstić information content (AvgIpc) is 2.34. The first-order valence-electron chi connectivity index (χ1n) is 4.48. The molecule has 0 saturated carbocycles. The van der Waals surface area contributed by atoms with Crippen LogP contribution in [0.2, 0.25) is 0 Å². The van der Waals surface area contributed by atoms with Crippen LogP contribution in [0, 0.1) is 5.92 Å². The van der Waals surface area contributed by atoms with Crippen molar-refractivity contribution in [2.45, 2.75) is 26.9 Å². The Balaban J connectivity index is 2.86. The fraction of sp³-hybridized carbons (Fsp3) is 0.556. The van der Waals surface area contributed by atoms with Crippen LogP contribution in [0.1, 0.15) is 13.8 Å². The molecule has 0 amide bonds. The molecule has 0 aliphatic heterocycles. The van der Waals surface area contributed by atoms with Crippen LogP contribution >= 0.6 is 0 Å². The Hall–Kier alpha value is -1.52. The molecule has 14 heavy (non-hydrogen) atoms. The van der Waals surface area contributed by atoms with E-state index >= 15 is 0 Å². The first-order valence-corrected chi connectivity index (χ1v) is 4.48. The van der Waals surface area contributed by atoms with Gasteiger partial charge < -0.3 is 5.11 Å². The van der Waals surface area contributed by atoms with Crippen LogP contribution in [0.15, 0.2) is 17.2 Å². The van der Waals surface area contributed by atoms with Crippen molar-refractivity contribution >= 4 is 5.97 Å². The van der Waals surface area contributed by atoms with E-state index < -0.39 is 5.97 Å². The zero-order chi connectivity index (χ0) is 10.7. The fourth-order valence-corrected chi connectivity index (χ4v) is 1.25. The predicted molar refractivity (Wildman–Crippen MR) is 51.2 cm³/mol. The second-order valence-electron chi connectivity index (χ2n) is 3.65. The molecule has 1 aromatic heterocycles. The van der Waals surface area contributed by atoms with E-state index in [1.54, 1.807) is 6.20 Å². The molecule has 0 radical (unpaired) electrons. The maximum Gasteiger partial charge on any atom is 0.328 e. The Bertz CT molecular complexity index is 376. The molecule has 5 heteroatoms. The smallest absolute Gasteiger partial charge is 0.328 e. The number of carboxylic acids is 1. The van der Waals surface area contributed by atoms with Gasteiger partial charge in [0.2, 0.25) is 0 Å². The number of aliphatic carboxylic acids is 1. The van der Waals surface area contributed by atoms with Gasteiger partial charge in [-0.25, -0.2) is 4.79 Å². The van der Waals surface area contributed by atoms with Crippen molar-refractivity contribution in [3.8, 4) is 0 Å². The van der Waals surface area contributed by atoms with Crippen molar-refractivity contribution in [2.24, 2.45) is 5.92 Å². The normalized spacial score (nSPS) is 10.8. The van der Waals surface area contributed by atoms with E-state index in [0.717, 1.165) is 0 Å². The molecule has 1 aromatic rings. The zero-order valence-electron chi connectivity index (χ0n) is 8.30. The summed E-state index contributed by atoms with van der Waals surface area (Å²) in [7, 11) is 0. The predicted octanol–water partition coefficient (Wildman–Crippen LogP) is 0.390. The van der Waals surface area contributed by atoms with Gasteiger partial charge in [0.25, 0.3) is 0 Å². The number of imidazole rings is 1. The van der Waals surface area contributed by atoms with Crippen LogP contribution in [0.25, 0.3) is 0 Å². The fourth-order valence-electron chi connectivity index (χ4n) is 1.25. The highest BCUT2D eigenvalue weighted by Crippen LogP contribution is 1.95. The minimum Gasteiger partial charge on any atom is -0.480 e. The van der Waals surface area contributed by atoms with E-state index in [-0.39, 0.29) is 12.2 Å². The molecule has 0 aliphatic rings. The molecule has 0 aliphatic carbocycles. The maximum absolute atomic E-state index is 11.5. The Labute approximate surface area is 81.6 Å². The van der Waals surface area contributed by atoms with Crippen LogP contribution in [0.3, 0.4) is 0 Å². The van der Waals surface area contributed by atoms with Crippen molar-refractivity contribution in [1.29, 1.82) is 0 Å². The molecule has 0 aromatic carbocycles. The summed E-state index contributed by atoms with van der Waals surface area (Å²) >= 11 is 0. The quantitative estimate of drug-likeness (QED) is 0.761. The van der Waals surface area contributed by atoms with E-state index in [9.17, 15) is 9.59 Å². The molecule has 1 rings (SSSR count). The third-order valence-corrected chi connectivity index (χ3v) is 1.79. The lowest BCUT2D eigenvalue weighted by Gasteiger charge is -2.03. The molecule has 5 nitrogen and oxygen atoms in total. The lowest BCUT2D eigenvalue weighted by molar-refractivity contribution is -0.137. The first-order chi connectivity index (χ1) is 6.50. The number of carbonyl (C=O) groups is 1. The summed E-state index contributed by atoms with van der Waals surface area (Å²) < 4.78 is 2.71.